The Balaban J connectivity index is 1.51. The van der Waals surface area contributed by atoms with Crippen LogP contribution >= 0.6 is 0 Å². The molecule has 0 saturated heterocycles. The quantitative estimate of drug-likeness (QED) is 0.512. The van der Waals surface area contributed by atoms with Gasteiger partial charge in [0.25, 0.3) is 0 Å². The number of benzene rings is 2. The SMILES string of the molecule is CCCC1CCC(c2cc(F)c(C3CCc4cc(F)ccc4C3)c(F)c2)CC1. The Morgan fingerprint density at radius 1 is 0.821 bits per heavy atom. The minimum absolute atomic E-state index is 0.174. The molecular weight excluding hydrogens is 357 g/mol. The topological polar surface area (TPSA) is 0 Å². The lowest BCUT2D eigenvalue weighted by Crippen LogP contribution is -2.17. The summed E-state index contributed by atoms with van der Waals surface area (Å²) in [5.74, 6) is -0.161. The highest BCUT2D eigenvalue weighted by Crippen LogP contribution is 2.40. The van der Waals surface area contributed by atoms with Gasteiger partial charge in [-0.25, -0.2) is 13.2 Å². The van der Waals surface area contributed by atoms with Crippen molar-refractivity contribution in [3.05, 3.63) is 70.0 Å². The first-order valence-electron chi connectivity index (χ1n) is 10.8. The predicted octanol–water partition coefficient (Wildman–Crippen LogP) is 7.45. The molecule has 28 heavy (non-hydrogen) atoms. The fourth-order valence-electron chi connectivity index (χ4n) is 5.39. The molecule has 0 bridgehead atoms. The van der Waals surface area contributed by atoms with Crippen LogP contribution in [0, 0.1) is 23.4 Å². The molecule has 1 atom stereocenters. The summed E-state index contributed by atoms with van der Waals surface area (Å²) in [7, 11) is 0. The third kappa shape index (κ3) is 3.99. The largest absolute Gasteiger partial charge is 0.207 e. The standard InChI is InChI=1S/C25H29F3/c1-2-3-16-4-6-17(7-5-16)21-14-23(27)25(24(28)15-21)20-9-8-19-13-22(26)11-10-18(19)12-20/h10-11,13-17,20H,2-9,12H2,1H3. The van der Waals surface area contributed by atoms with E-state index in [2.05, 4.69) is 6.92 Å². The van der Waals surface area contributed by atoms with Gasteiger partial charge in [0.05, 0.1) is 0 Å². The van der Waals surface area contributed by atoms with Gasteiger partial charge in [-0.3, -0.25) is 0 Å². The smallest absolute Gasteiger partial charge is 0.129 e. The minimum Gasteiger partial charge on any atom is -0.207 e. The van der Waals surface area contributed by atoms with Crippen molar-refractivity contribution >= 4 is 0 Å². The second kappa shape index (κ2) is 8.31. The summed E-state index contributed by atoms with van der Waals surface area (Å²) in [6.07, 6.45) is 8.78. The van der Waals surface area contributed by atoms with E-state index in [0.29, 0.717) is 19.3 Å². The summed E-state index contributed by atoms with van der Waals surface area (Å²) in [6, 6.07) is 7.92. The van der Waals surface area contributed by atoms with Crippen LogP contribution in [0.5, 0.6) is 0 Å². The van der Waals surface area contributed by atoms with Crippen LogP contribution in [0.25, 0.3) is 0 Å². The number of rotatable bonds is 4. The maximum absolute atomic E-state index is 15.0. The molecule has 2 aromatic rings. The Kier molecular flexibility index (Phi) is 5.80. The summed E-state index contributed by atoms with van der Waals surface area (Å²) >= 11 is 0. The molecule has 3 heteroatoms. The molecule has 2 aromatic carbocycles. The highest BCUT2D eigenvalue weighted by molar-refractivity contribution is 5.37. The molecule has 4 rings (SSSR count). The average molecular weight is 387 g/mol. The molecule has 0 aliphatic heterocycles. The lowest BCUT2D eigenvalue weighted by molar-refractivity contribution is 0.307. The van der Waals surface area contributed by atoms with E-state index < -0.39 is 11.6 Å². The normalized spacial score (nSPS) is 24.8. The first kappa shape index (κ1) is 19.5. The number of aryl methyl sites for hydroxylation is 1. The molecule has 0 radical (unpaired) electrons. The molecule has 0 heterocycles. The van der Waals surface area contributed by atoms with Gasteiger partial charge in [-0.05, 0) is 104 Å². The maximum Gasteiger partial charge on any atom is 0.129 e. The predicted molar refractivity (Wildman–Crippen MR) is 107 cm³/mol. The molecule has 0 N–H and O–H groups in total. The van der Waals surface area contributed by atoms with Crippen LogP contribution < -0.4 is 0 Å². The molecule has 2 aliphatic carbocycles. The van der Waals surface area contributed by atoms with E-state index in [-0.39, 0.29) is 23.2 Å². The van der Waals surface area contributed by atoms with Crippen molar-refractivity contribution in [3.63, 3.8) is 0 Å². The van der Waals surface area contributed by atoms with Gasteiger partial charge in [0.1, 0.15) is 17.5 Å². The Hall–Kier alpha value is -1.77. The molecule has 1 fully saturated rings. The van der Waals surface area contributed by atoms with E-state index >= 15 is 0 Å². The number of fused-ring (bicyclic) bond motifs is 1. The summed E-state index contributed by atoms with van der Waals surface area (Å²) in [5, 5.41) is 0. The second-order valence-corrected chi connectivity index (χ2v) is 8.76. The summed E-state index contributed by atoms with van der Waals surface area (Å²) in [4.78, 5) is 0. The van der Waals surface area contributed by atoms with Crippen molar-refractivity contribution in [3.8, 4) is 0 Å². The monoisotopic (exact) mass is 386 g/mol. The van der Waals surface area contributed by atoms with Crippen LogP contribution in [-0.2, 0) is 12.8 Å². The maximum atomic E-state index is 15.0. The third-order valence-electron chi connectivity index (χ3n) is 6.92. The van der Waals surface area contributed by atoms with Crippen LogP contribution in [0.4, 0.5) is 13.2 Å². The van der Waals surface area contributed by atoms with Gasteiger partial charge >= 0.3 is 0 Å². The zero-order valence-electron chi connectivity index (χ0n) is 16.6. The van der Waals surface area contributed by atoms with E-state index in [0.717, 1.165) is 35.4 Å². The molecule has 1 saturated carbocycles. The number of halogens is 3. The van der Waals surface area contributed by atoms with Crippen molar-refractivity contribution in [1.29, 1.82) is 0 Å². The van der Waals surface area contributed by atoms with E-state index in [1.807, 2.05) is 0 Å². The molecule has 150 valence electrons. The first-order chi connectivity index (χ1) is 13.5. The van der Waals surface area contributed by atoms with E-state index in [1.165, 1.54) is 31.7 Å². The fraction of sp³-hybridized carbons (Fsp3) is 0.520. The second-order valence-electron chi connectivity index (χ2n) is 8.76. The van der Waals surface area contributed by atoms with Gasteiger partial charge in [-0.2, -0.15) is 0 Å². The van der Waals surface area contributed by atoms with Crippen LogP contribution in [0.2, 0.25) is 0 Å². The summed E-state index contributed by atoms with van der Waals surface area (Å²) in [6.45, 7) is 2.22. The van der Waals surface area contributed by atoms with Gasteiger partial charge < -0.3 is 0 Å². The van der Waals surface area contributed by atoms with Crippen LogP contribution in [0.3, 0.4) is 0 Å². The van der Waals surface area contributed by atoms with Crippen molar-refractivity contribution in [2.45, 2.75) is 76.5 Å². The number of hydrogen-bond acceptors (Lipinski definition) is 0. The Bertz CT molecular complexity index is 811. The molecule has 1 unspecified atom stereocenters. The van der Waals surface area contributed by atoms with Crippen LogP contribution in [-0.4, -0.2) is 0 Å². The Morgan fingerprint density at radius 3 is 2.21 bits per heavy atom. The highest BCUT2D eigenvalue weighted by Gasteiger charge is 2.28. The lowest BCUT2D eigenvalue weighted by Gasteiger charge is -2.30. The van der Waals surface area contributed by atoms with Gasteiger partial charge in [0.2, 0.25) is 0 Å². The zero-order valence-corrected chi connectivity index (χ0v) is 16.6. The minimum atomic E-state index is -0.402. The van der Waals surface area contributed by atoms with Gasteiger partial charge in [0, 0.05) is 5.56 Å². The third-order valence-corrected chi connectivity index (χ3v) is 6.92. The van der Waals surface area contributed by atoms with Crippen molar-refractivity contribution in [1.82, 2.24) is 0 Å². The highest BCUT2D eigenvalue weighted by atomic mass is 19.1. The van der Waals surface area contributed by atoms with Crippen molar-refractivity contribution in [2.75, 3.05) is 0 Å². The Morgan fingerprint density at radius 2 is 1.54 bits per heavy atom. The van der Waals surface area contributed by atoms with Crippen molar-refractivity contribution in [2.24, 2.45) is 5.92 Å². The lowest BCUT2D eigenvalue weighted by atomic mass is 9.76. The van der Waals surface area contributed by atoms with Crippen LogP contribution in [0.15, 0.2) is 30.3 Å². The zero-order chi connectivity index (χ0) is 19.7. The average Bonchev–Trinajstić information content (AvgIpc) is 2.68. The first-order valence-corrected chi connectivity index (χ1v) is 10.8. The summed E-state index contributed by atoms with van der Waals surface area (Å²) < 4.78 is 43.4. The molecule has 0 spiro atoms. The molecule has 0 nitrogen and oxygen atoms in total. The molecular formula is C25H29F3. The van der Waals surface area contributed by atoms with E-state index in [9.17, 15) is 13.2 Å². The van der Waals surface area contributed by atoms with E-state index in [4.69, 9.17) is 0 Å². The van der Waals surface area contributed by atoms with Gasteiger partial charge in [-0.1, -0.05) is 25.8 Å². The molecule has 2 aliphatic rings. The van der Waals surface area contributed by atoms with Gasteiger partial charge in [-0.15, -0.1) is 0 Å². The molecule has 0 aromatic heterocycles. The molecule has 0 amide bonds. The fourth-order valence-corrected chi connectivity index (χ4v) is 5.39. The van der Waals surface area contributed by atoms with Crippen molar-refractivity contribution < 1.29 is 13.2 Å². The van der Waals surface area contributed by atoms with E-state index in [1.54, 1.807) is 24.3 Å². The number of hydrogen-bond donors (Lipinski definition) is 0. The van der Waals surface area contributed by atoms with Crippen LogP contribution in [0.1, 0.15) is 86.0 Å². The Labute approximate surface area is 166 Å². The summed E-state index contributed by atoms with van der Waals surface area (Å²) in [5.41, 5.74) is 3.03. The van der Waals surface area contributed by atoms with Gasteiger partial charge in [0.15, 0.2) is 0 Å².